The summed E-state index contributed by atoms with van der Waals surface area (Å²) in [6, 6.07) is 1.60. The van der Waals surface area contributed by atoms with Gasteiger partial charge in [-0.3, -0.25) is 4.79 Å². The molecule has 5 nitrogen and oxygen atoms in total. The van der Waals surface area contributed by atoms with E-state index in [0.717, 1.165) is 12.8 Å². The fourth-order valence-electron chi connectivity index (χ4n) is 1.54. The van der Waals surface area contributed by atoms with E-state index in [0.29, 0.717) is 30.5 Å². The van der Waals surface area contributed by atoms with Crippen LogP contribution < -0.4 is 5.32 Å². The number of carbonyl (C=O) groups excluding carboxylic acids is 1. The summed E-state index contributed by atoms with van der Waals surface area (Å²) in [5.41, 5.74) is 0.308. The number of aromatic nitrogens is 1. The summed E-state index contributed by atoms with van der Waals surface area (Å²) in [5, 5.41) is 6.55. The molecule has 0 aliphatic carbocycles. The van der Waals surface area contributed by atoms with Crippen LogP contribution in [-0.4, -0.2) is 24.7 Å². The van der Waals surface area contributed by atoms with Crippen LogP contribution in [0, 0.1) is 5.92 Å². The van der Waals surface area contributed by atoms with Gasteiger partial charge in [0.15, 0.2) is 11.5 Å². The number of methoxy groups -OCH3 is 1. The second-order valence-electron chi connectivity index (χ2n) is 4.00. The van der Waals surface area contributed by atoms with E-state index in [1.165, 1.54) is 0 Å². The highest BCUT2D eigenvalue weighted by Crippen LogP contribution is 2.07. The van der Waals surface area contributed by atoms with E-state index in [4.69, 9.17) is 9.26 Å². The number of rotatable bonds is 7. The Hall–Kier alpha value is -1.36. The molecule has 0 radical (unpaired) electrons. The molecule has 0 saturated heterocycles. The van der Waals surface area contributed by atoms with E-state index in [1.807, 2.05) is 0 Å². The Labute approximate surface area is 102 Å². The van der Waals surface area contributed by atoms with Gasteiger partial charge in [-0.2, -0.15) is 0 Å². The van der Waals surface area contributed by atoms with E-state index < -0.39 is 0 Å². The number of hydrogen-bond acceptors (Lipinski definition) is 4. The van der Waals surface area contributed by atoms with Crippen molar-refractivity contribution in [2.75, 3.05) is 13.7 Å². The maximum absolute atomic E-state index is 11.7. The van der Waals surface area contributed by atoms with Crippen molar-refractivity contribution >= 4 is 5.91 Å². The largest absolute Gasteiger partial charge is 0.377 e. The van der Waals surface area contributed by atoms with Crippen molar-refractivity contribution in [1.29, 1.82) is 0 Å². The first kappa shape index (κ1) is 13.7. The fourth-order valence-corrected chi connectivity index (χ4v) is 1.54. The Kier molecular flexibility index (Phi) is 5.69. The predicted octanol–water partition coefficient (Wildman–Crippen LogP) is 1.99. The first-order valence-electron chi connectivity index (χ1n) is 5.93. The van der Waals surface area contributed by atoms with Crippen molar-refractivity contribution in [3.8, 4) is 0 Å². The van der Waals surface area contributed by atoms with Crippen LogP contribution in [0.1, 0.15) is 42.9 Å². The Bertz CT molecular complexity index is 345. The maximum Gasteiger partial charge on any atom is 0.273 e. The standard InChI is InChI=1S/C12H20N2O3/c1-4-9(5-2)7-13-12(15)11-6-10(8-16-3)17-14-11/h6,9H,4-5,7-8H2,1-3H3,(H,13,15). The monoisotopic (exact) mass is 240 g/mol. The van der Waals surface area contributed by atoms with Gasteiger partial charge in [-0.15, -0.1) is 0 Å². The summed E-state index contributed by atoms with van der Waals surface area (Å²) < 4.78 is 9.84. The van der Waals surface area contributed by atoms with Crippen molar-refractivity contribution in [3.05, 3.63) is 17.5 Å². The number of hydrogen-bond donors (Lipinski definition) is 1. The summed E-state index contributed by atoms with van der Waals surface area (Å²) >= 11 is 0. The molecule has 5 heteroatoms. The Morgan fingerprint density at radius 2 is 2.24 bits per heavy atom. The first-order chi connectivity index (χ1) is 8.21. The third kappa shape index (κ3) is 4.19. The molecule has 0 unspecified atom stereocenters. The molecular formula is C12H20N2O3. The highest BCUT2D eigenvalue weighted by atomic mass is 16.5. The number of carbonyl (C=O) groups is 1. The molecule has 17 heavy (non-hydrogen) atoms. The van der Waals surface area contributed by atoms with Gasteiger partial charge >= 0.3 is 0 Å². The van der Waals surface area contributed by atoms with Gasteiger partial charge in [0.25, 0.3) is 5.91 Å². The van der Waals surface area contributed by atoms with E-state index in [2.05, 4.69) is 24.3 Å². The van der Waals surface area contributed by atoms with Crippen LogP contribution in [0.4, 0.5) is 0 Å². The van der Waals surface area contributed by atoms with Crippen LogP contribution in [0.2, 0.25) is 0 Å². The molecule has 0 spiro atoms. The van der Waals surface area contributed by atoms with Gasteiger partial charge < -0.3 is 14.6 Å². The summed E-state index contributed by atoms with van der Waals surface area (Å²) in [5.74, 6) is 0.882. The summed E-state index contributed by atoms with van der Waals surface area (Å²) in [4.78, 5) is 11.7. The van der Waals surface area contributed by atoms with Crippen molar-refractivity contribution in [2.45, 2.75) is 33.3 Å². The average molecular weight is 240 g/mol. The minimum absolute atomic E-state index is 0.192. The van der Waals surface area contributed by atoms with Crippen molar-refractivity contribution in [2.24, 2.45) is 5.92 Å². The maximum atomic E-state index is 11.7. The first-order valence-corrected chi connectivity index (χ1v) is 5.93. The van der Waals surface area contributed by atoms with Crippen LogP contribution >= 0.6 is 0 Å². The van der Waals surface area contributed by atoms with Gasteiger partial charge in [-0.05, 0) is 5.92 Å². The van der Waals surface area contributed by atoms with Gasteiger partial charge in [0.05, 0.1) is 0 Å². The molecule has 96 valence electrons. The third-order valence-electron chi connectivity index (χ3n) is 2.78. The highest BCUT2D eigenvalue weighted by molar-refractivity contribution is 5.92. The lowest BCUT2D eigenvalue weighted by molar-refractivity contribution is 0.0936. The molecule has 1 amide bonds. The Morgan fingerprint density at radius 1 is 1.53 bits per heavy atom. The molecule has 1 heterocycles. The lowest BCUT2D eigenvalue weighted by Gasteiger charge is -2.11. The van der Waals surface area contributed by atoms with Crippen molar-refractivity contribution in [1.82, 2.24) is 10.5 Å². The zero-order valence-corrected chi connectivity index (χ0v) is 10.7. The molecule has 1 aromatic rings. The Morgan fingerprint density at radius 3 is 2.82 bits per heavy atom. The van der Waals surface area contributed by atoms with E-state index in [1.54, 1.807) is 13.2 Å². The number of ether oxygens (including phenoxy) is 1. The molecule has 0 aliphatic heterocycles. The van der Waals surface area contributed by atoms with Crippen LogP contribution in [0.15, 0.2) is 10.6 Å². The molecule has 1 N–H and O–H groups in total. The molecule has 0 aliphatic rings. The fraction of sp³-hybridized carbons (Fsp3) is 0.667. The zero-order valence-electron chi connectivity index (χ0n) is 10.7. The molecule has 0 saturated carbocycles. The molecule has 1 aromatic heterocycles. The van der Waals surface area contributed by atoms with E-state index in [9.17, 15) is 4.79 Å². The zero-order chi connectivity index (χ0) is 12.7. The van der Waals surface area contributed by atoms with Gasteiger partial charge in [0, 0.05) is 19.7 Å². The molecule has 0 aromatic carbocycles. The molecular weight excluding hydrogens is 220 g/mol. The molecule has 0 atom stereocenters. The predicted molar refractivity (Wildman–Crippen MR) is 63.6 cm³/mol. The number of nitrogens with one attached hydrogen (secondary N) is 1. The van der Waals surface area contributed by atoms with Gasteiger partial charge in [0.1, 0.15) is 6.61 Å². The van der Waals surface area contributed by atoms with E-state index >= 15 is 0 Å². The third-order valence-corrected chi connectivity index (χ3v) is 2.78. The minimum atomic E-state index is -0.192. The van der Waals surface area contributed by atoms with Crippen molar-refractivity contribution in [3.63, 3.8) is 0 Å². The summed E-state index contributed by atoms with van der Waals surface area (Å²) in [6.45, 7) is 5.24. The minimum Gasteiger partial charge on any atom is -0.377 e. The number of amides is 1. The molecule has 0 fully saturated rings. The Balaban J connectivity index is 2.46. The van der Waals surface area contributed by atoms with Crippen LogP contribution in [0.5, 0.6) is 0 Å². The summed E-state index contributed by atoms with van der Waals surface area (Å²) in [7, 11) is 1.56. The lowest BCUT2D eigenvalue weighted by Crippen LogP contribution is -2.29. The van der Waals surface area contributed by atoms with Crippen LogP contribution in [-0.2, 0) is 11.3 Å². The van der Waals surface area contributed by atoms with Gasteiger partial charge in [0.2, 0.25) is 0 Å². The normalized spacial score (nSPS) is 10.8. The van der Waals surface area contributed by atoms with Crippen molar-refractivity contribution < 1.29 is 14.1 Å². The molecule has 1 rings (SSSR count). The molecule has 0 bridgehead atoms. The average Bonchev–Trinajstić information content (AvgIpc) is 2.79. The second kappa shape index (κ2) is 7.06. The van der Waals surface area contributed by atoms with E-state index in [-0.39, 0.29) is 5.91 Å². The second-order valence-corrected chi connectivity index (χ2v) is 4.00. The van der Waals surface area contributed by atoms with Crippen LogP contribution in [0.25, 0.3) is 0 Å². The van der Waals surface area contributed by atoms with Crippen LogP contribution in [0.3, 0.4) is 0 Å². The quantitative estimate of drug-likeness (QED) is 0.791. The smallest absolute Gasteiger partial charge is 0.273 e. The summed E-state index contributed by atoms with van der Waals surface area (Å²) in [6.07, 6.45) is 2.12. The number of nitrogens with zero attached hydrogens (tertiary/aromatic N) is 1. The topological polar surface area (TPSA) is 64.4 Å². The van der Waals surface area contributed by atoms with Gasteiger partial charge in [-0.25, -0.2) is 0 Å². The highest BCUT2D eigenvalue weighted by Gasteiger charge is 2.13. The lowest BCUT2D eigenvalue weighted by atomic mass is 10.0. The van der Waals surface area contributed by atoms with Gasteiger partial charge in [-0.1, -0.05) is 31.8 Å². The SMILES string of the molecule is CCC(CC)CNC(=O)c1cc(COC)on1.